The molecule has 0 spiro atoms. The van der Waals surface area contributed by atoms with E-state index in [4.69, 9.17) is 0 Å². The summed E-state index contributed by atoms with van der Waals surface area (Å²) in [7, 11) is 0. The van der Waals surface area contributed by atoms with Crippen molar-refractivity contribution in [1.82, 2.24) is 5.32 Å². The van der Waals surface area contributed by atoms with Crippen LogP contribution in [-0.2, 0) is 0 Å². The van der Waals surface area contributed by atoms with E-state index in [0.29, 0.717) is 11.0 Å². The van der Waals surface area contributed by atoms with Gasteiger partial charge in [-0.3, -0.25) is 0 Å². The molecule has 1 N–H and O–H groups in total. The quantitative estimate of drug-likeness (QED) is 0.639. The highest BCUT2D eigenvalue weighted by atomic mass is 35.5. The van der Waals surface area contributed by atoms with Gasteiger partial charge in [0.1, 0.15) is 0 Å². The minimum atomic E-state index is 0. The third-order valence-electron chi connectivity index (χ3n) is 3.55. The molecular formula is C11H22ClN. The minimum absolute atomic E-state index is 0. The summed E-state index contributed by atoms with van der Waals surface area (Å²) in [5, 5.41) is 3.68. The van der Waals surface area contributed by atoms with Crippen molar-refractivity contribution < 1.29 is 0 Å². The van der Waals surface area contributed by atoms with Gasteiger partial charge >= 0.3 is 0 Å². The molecule has 1 aliphatic heterocycles. The third kappa shape index (κ3) is 2.38. The Labute approximate surface area is 88.1 Å². The molecule has 1 heterocycles. The highest BCUT2D eigenvalue weighted by molar-refractivity contribution is 5.85. The molecule has 2 bridgehead atoms. The minimum Gasteiger partial charge on any atom is -0.311 e. The molecule has 2 atom stereocenters. The SMILES string of the molecule is CC1(C)CC2CCNC(C)(C2)C1.Cl. The van der Waals surface area contributed by atoms with E-state index in [2.05, 4.69) is 26.1 Å². The molecule has 0 aromatic rings. The van der Waals surface area contributed by atoms with Crippen LogP contribution in [0.2, 0.25) is 0 Å². The van der Waals surface area contributed by atoms with Crippen molar-refractivity contribution in [2.45, 2.75) is 52.0 Å². The Hall–Kier alpha value is 0.250. The average Bonchev–Trinajstić information content (AvgIpc) is 1.79. The van der Waals surface area contributed by atoms with Gasteiger partial charge in [0.25, 0.3) is 0 Å². The largest absolute Gasteiger partial charge is 0.311 e. The van der Waals surface area contributed by atoms with Crippen molar-refractivity contribution in [2.75, 3.05) is 6.54 Å². The normalized spacial score (nSPS) is 42.2. The van der Waals surface area contributed by atoms with Gasteiger partial charge in [-0.15, -0.1) is 12.4 Å². The highest BCUT2D eigenvalue weighted by Crippen LogP contribution is 2.46. The standard InChI is InChI=1S/C11H21N.ClH/c1-10(2)6-9-4-5-12-11(3,7-9)8-10;/h9,12H,4-8H2,1-3H3;1H. The summed E-state index contributed by atoms with van der Waals surface area (Å²) in [6.07, 6.45) is 5.62. The first-order valence-electron chi connectivity index (χ1n) is 5.24. The first-order valence-corrected chi connectivity index (χ1v) is 5.24. The first-order chi connectivity index (χ1) is 5.49. The zero-order chi connectivity index (χ0) is 8.82. The maximum absolute atomic E-state index is 3.68. The second kappa shape index (κ2) is 3.43. The van der Waals surface area contributed by atoms with Crippen molar-refractivity contribution in [2.24, 2.45) is 11.3 Å². The third-order valence-corrected chi connectivity index (χ3v) is 3.55. The van der Waals surface area contributed by atoms with Gasteiger partial charge < -0.3 is 5.32 Å². The maximum Gasteiger partial charge on any atom is 0.0161 e. The molecule has 1 saturated heterocycles. The van der Waals surface area contributed by atoms with Crippen LogP contribution >= 0.6 is 12.4 Å². The zero-order valence-corrected chi connectivity index (χ0v) is 9.84. The van der Waals surface area contributed by atoms with E-state index in [0.717, 1.165) is 5.92 Å². The van der Waals surface area contributed by atoms with Gasteiger partial charge in [0.05, 0.1) is 0 Å². The van der Waals surface area contributed by atoms with Gasteiger partial charge in [-0.05, 0) is 50.5 Å². The van der Waals surface area contributed by atoms with Crippen LogP contribution in [0.3, 0.4) is 0 Å². The van der Waals surface area contributed by atoms with Gasteiger partial charge in [-0.1, -0.05) is 13.8 Å². The molecular weight excluding hydrogens is 182 g/mol. The number of hydrogen-bond acceptors (Lipinski definition) is 1. The van der Waals surface area contributed by atoms with Crippen molar-refractivity contribution >= 4 is 12.4 Å². The molecule has 1 saturated carbocycles. The molecule has 0 aromatic heterocycles. The Kier molecular flexibility index (Phi) is 2.99. The lowest BCUT2D eigenvalue weighted by Crippen LogP contribution is -2.54. The summed E-state index contributed by atoms with van der Waals surface area (Å²) in [5.74, 6) is 1.000. The van der Waals surface area contributed by atoms with E-state index in [9.17, 15) is 0 Å². The Morgan fingerprint density at radius 2 is 1.85 bits per heavy atom. The van der Waals surface area contributed by atoms with Crippen LogP contribution in [-0.4, -0.2) is 12.1 Å². The van der Waals surface area contributed by atoms with Crippen molar-refractivity contribution in [3.05, 3.63) is 0 Å². The molecule has 0 aromatic carbocycles. The van der Waals surface area contributed by atoms with Crippen LogP contribution in [0.5, 0.6) is 0 Å². The lowest BCUT2D eigenvalue weighted by Gasteiger charge is -2.50. The fourth-order valence-electron chi connectivity index (χ4n) is 3.61. The smallest absolute Gasteiger partial charge is 0.0161 e. The van der Waals surface area contributed by atoms with Crippen LogP contribution in [0.1, 0.15) is 46.5 Å². The maximum atomic E-state index is 3.68. The molecule has 0 amide bonds. The molecule has 2 rings (SSSR count). The fraction of sp³-hybridized carbons (Fsp3) is 1.00. The molecule has 2 fully saturated rings. The monoisotopic (exact) mass is 203 g/mol. The van der Waals surface area contributed by atoms with Crippen molar-refractivity contribution in [3.8, 4) is 0 Å². The molecule has 2 heteroatoms. The lowest BCUT2D eigenvalue weighted by molar-refractivity contribution is 0.0534. The first kappa shape index (κ1) is 11.3. The Balaban J connectivity index is 0.000000845. The van der Waals surface area contributed by atoms with Gasteiger partial charge in [-0.2, -0.15) is 0 Å². The Bertz CT molecular complexity index is 189. The Morgan fingerprint density at radius 3 is 2.46 bits per heavy atom. The van der Waals surface area contributed by atoms with Crippen LogP contribution in [0.25, 0.3) is 0 Å². The van der Waals surface area contributed by atoms with E-state index in [1.807, 2.05) is 0 Å². The number of hydrogen-bond donors (Lipinski definition) is 1. The summed E-state index contributed by atoms with van der Waals surface area (Å²) >= 11 is 0. The molecule has 2 aliphatic rings. The predicted octanol–water partition coefficient (Wildman–Crippen LogP) is 2.99. The lowest BCUT2D eigenvalue weighted by atomic mass is 9.62. The molecule has 1 nitrogen and oxygen atoms in total. The van der Waals surface area contributed by atoms with E-state index in [1.54, 1.807) is 0 Å². The van der Waals surface area contributed by atoms with Gasteiger partial charge in [0, 0.05) is 5.54 Å². The van der Waals surface area contributed by atoms with Crippen LogP contribution in [0.4, 0.5) is 0 Å². The average molecular weight is 204 g/mol. The topological polar surface area (TPSA) is 12.0 Å². The predicted molar refractivity (Wildman–Crippen MR) is 59.4 cm³/mol. The van der Waals surface area contributed by atoms with E-state index < -0.39 is 0 Å². The van der Waals surface area contributed by atoms with Gasteiger partial charge in [-0.25, -0.2) is 0 Å². The summed E-state index contributed by atoms with van der Waals surface area (Å²) in [4.78, 5) is 0. The number of rotatable bonds is 0. The summed E-state index contributed by atoms with van der Waals surface area (Å²) < 4.78 is 0. The highest BCUT2D eigenvalue weighted by Gasteiger charge is 2.42. The van der Waals surface area contributed by atoms with Gasteiger partial charge in [0.15, 0.2) is 0 Å². The summed E-state index contributed by atoms with van der Waals surface area (Å²) in [6, 6.07) is 0. The second-order valence-electron chi connectivity index (χ2n) is 5.89. The molecule has 13 heavy (non-hydrogen) atoms. The van der Waals surface area contributed by atoms with E-state index in [-0.39, 0.29) is 12.4 Å². The number of fused-ring (bicyclic) bond motifs is 2. The van der Waals surface area contributed by atoms with Crippen LogP contribution < -0.4 is 5.32 Å². The fourth-order valence-corrected chi connectivity index (χ4v) is 3.61. The second-order valence-corrected chi connectivity index (χ2v) is 5.89. The van der Waals surface area contributed by atoms with E-state index in [1.165, 1.54) is 32.2 Å². The molecule has 2 unspecified atom stereocenters. The van der Waals surface area contributed by atoms with Crippen molar-refractivity contribution in [3.63, 3.8) is 0 Å². The van der Waals surface area contributed by atoms with Crippen molar-refractivity contribution in [1.29, 1.82) is 0 Å². The number of halogens is 1. The number of piperidine rings is 1. The molecule has 78 valence electrons. The van der Waals surface area contributed by atoms with E-state index >= 15 is 0 Å². The van der Waals surface area contributed by atoms with Crippen LogP contribution in [0, 0.1) is 11.3 Å². The summed E-state index contributed by atoms with van der Waals surface area (Å²) in [5.41, 5.74) is 1.04. The van der Waals surface area contributed by atoms with Gasteiger partial charge in [0.2, 0.25) is 0 Å². The summed E-state index contributed by atoms with van der Waals surface area (Å²) in [6.45, 7) is 8.49. The zero-order valence-electron chi connectivity index (χ0n) is 9.02. The van der Waals surface area contributed by atoms with Crippen LogP contribution in [0.15, 0.2) is 0 Å². The molecule has 1 aliphatic carbocycles. The molecule has 0 radical (unpaired) electrons. The Morgan fingerprint density at radius 1 is 1.15 bits per heavy atom. The number of nitrogens with one attached hydrogen (secondary N) is 1.